The van der Waals surface area contributed by atoms with Crippen molar-refractivity contribution in [1.82, 2.24) is 15.3 Å². The lowest BCUT2D eigenvalue weighted by Crippen LogP contribution is -2.24. The molecule has 0 aliphatic carbocycles. The Kier molecular flexibility index (Phi) is 3.34. The predicted octanol–water partition coefficient (Wildman–Crippen LogP) is 1.36. The van der Waals surface area contributed by atoms with Crippen LogP contribution >= 0.6 is 11.3 Å². The second kappa shape index (κ2) is 4.92. The Morgan fingerprint density at radius 1 is 1.59 bits per heavy atom. The maximum absolute atomic E-state index is 11.8. The molecule has 0 saturated carbocycles. The van der Waals surface area contributed by atoms with Crippen molar-refractivity contribution in [2.75, 3.05) is 5.73 Å². The minimum Gasteiger partial charge on any atom is -0.397 e. The van der Waals surface area contributed by atoms with Gasteiger partial charge < -0.3 is 11.1 Å². The number of hydrogen-bond acceptors (Lipinski definition) is 5. The van der Waals surface area contributed by atoms with Gasteiger partial charge in [-0.25, -0.2) is 9.97 Å². The quantitative estimate of drug-likeness (QED) is 0.859. The Balaban J connectivity index is 2.01. The third kappa shape index (κ3) is 2.79. The van der Waals surface area contributed by atoms with Crippen molar-refractivity contribution >= 4 is 22.9 Å². The fourth-order valence-electron chi connectivity index (χ4n) is 1.33. The van der Waals surface area contributed by atoms with Crippen LogP contribution in [0.4, 0.5) is 5.69 Å². The molecular formula is C11H12N4OS. The largest absolute Gasteiger partial charge is 0.397 e. The lowest BCUT2D eigenvalue weighted by Gasteiger charge is -2.04. The first-order valence-corrected chi connectivity index (χ1v) is 5.94. The van der Waals surface area contributed by atoms with Crippen LogP contribution in [0.25, 0.3) is 0 Å². The lowest BCUT2D eigenvalue weighted by molar-refractivity contribution is 0.0947. The third-order valence-corrected chi connectivity index (χ3v) is 3.09. The van der Waals surface area contributed by atoms with E-state index in [1.807, 2.05) is 12.3 Å². The van der Waals surface area contributed by atoms with Crippen LogP contribution in [0.3, 0.4) is 0 Å². The van der Waals surface area contributed by atoms with E-state index in [0.717, 1.165) is 10.7 Å². The van der Waals surface area contributed by atoms with Crippen LogP contribution in [0, 0.1) is 6.92 Å². The number of nitrogens with one attached hydrogen (secondary N) is 1. The number of thiazole rings is 1. The Labute approximate surface area is 103 Å². The number of nitrogens with zero attached hydrogens (tertiary/aromatic N) is 2. The Bertz CT molecular complexity index is 538. The number of carbonyl (C=O) groups excluding carboxylic acids is 1. The minimum absolute atomic E-state index is 0.251. The van der Waals surface area contributed by atoms with Gasteiger partial charge in [-0.2, -0.15) is 0 Å². The molecular weight excluding hydrogens is 236 g/mol. The van der Waals surface area contributed by atoms with Gasteiger partial charge in [-0.1, -0.05) is 0 Å². The average molecular weight is 248 g/mol. The van der Waals surface area contributed by atoms with Gasteiger partial charge in [-0.15, -0.1) is 11.3 Å². The first-order chi connectivity index (χ1) is 8.16. The van der Waals surface area contributed by atoms with Gasteiger partial charge in [0.1, 0.15) is 5.01 Å². The summed E-state index contributed by atoms with van der Waals surface area (Å²) in [6, 6.07) is 3.34. The molecule has 5 nitrogen and oxygen atoms in total. The second-order valence-corrected chi connectivity index (χ2v) is 4.45. The van der Waals surface area contributed by atoms with Crippen molar-refractivity contribution in [2.45, 2.75) is 13.5 Å². The van der Waals surface area contributed by atoms with Crippen molar-refractivity contribution in [3.05, 3.63) is 40.1 Å². The number of nitrogens with two attached hydrogens (primary N) is 1. The second-order valence-electron chi connectivity index (χ2n) is 3.51. The van der Waals surface area contributed by atoms with E-state index in [1.165, 1.54) is 11.3 Å². The molecule has 2 heterocycles. The van der Waals surface area contributed by atoms with Crippen LogP contribution in [0.2, 0.25) is 0 Å². The topological polar surface area (TPSA) is 80.9 Å². The zero-order valence-electron chi connectivity index (χ0n) is 9.30. The smallest absolute Gasteiger partial charge is 0.272 e. The van der Waals surface area contributed by atoms with Crippen molar-refractivity contribution in [2.24, 2.45) is 0 Å². The molecule has 0 spiro atoms. The van der Waals surface area contributed by atoms with E-state index in [2.05, 4.69) is 15.3 Å². The van der Waals surface area contributed by atoms with E-state index < -0.39 is 0 Å². The number of hydrogen-bond donors (Lipinski definition) is 2. The van der Waals surface area contributed by atoms with Crippen LogP contribution in [0.5, 0.6) is 0 Å². The molecule has 3 N–H and O–H groups in total. The third-order valence-electron chi connectivity index (χ3n) is 2.12. The Morgan fingerprint density at radius 2 is 2.41 bits per heavy atom. The molecule has 0 aliphatic heterocycles. The summed E-state index contributed by atoms with van der Waals surface area (Å²) in [5.74, 6) is -0.282. The molecule has 2 aromatic rings. The van der Waals surface area contributed by atoms with Gasteiger partial charge in [-0.3, -0.25) is 4.79 Å². The summed E-state index contributed by atoms with van der Waals surface area (Å²) in [6.07, 6.45) is 1.54. The molecule has 0 saturated heterocycles. The average Bonchev–Trinajstić information content (AvgIpc) is 2.73. The van der Waals surface area contributed by atoms with Crippen LogP contribution in [0.1, 0.15) is 21.2 Å². The molecule has 1 amide bonds. The van der Waals surface area contributed by atoms with Crippen LogP contribution in [0.15, 0.2) is 23.7 Å². The Hall–Kier alpha value is -1.95. The maximum Gasteiger partial charge on any atom is 0.272 e. The molecule has 2 rings (SSSR count). The first-order valence-electron chi connectivity index (χ1n) is 5.06. The van der Waals surface area contributed by atoms with Gasteiger partial charge in [0.2, 0.25) is 0 Å². The van der Waals surface area contributed by atoms with E-state index in [9.17, 15) is 4.79 Å². The van der Waals surface area contributed by atoms with Gasteiger partial charge in [0.15, 0.2) is 5.69 Å². The summed E-state index contributed by atoms with van der Waals surface area (Å²) in [5.41, 5.74) is 7.24. The van der Waals surface area contributed by atoms with Crippen molar-refractivity contribution < 1.29 is 4.79 Å². The molecule has 0 atom stereocenters. The highest BCUT2D eigenvalue weighted by Crippen LogP contribution is 2.10. The van der Waals surface area contributed by atoms with Gasteiger partial charge in [0.25, 0.3) is 5.91 Å². The number of amides is 1. The molecule has 88 valence electrons. The number of carbonyl (C=O) groups is 1. The highest BCUT2D eigenvalue weighted by molar-refractivity contribution is 7.09. The van der Waals surface area contributed by atoms with E-state index in [4.69, 9.17) is 5.73 Å². The number of aromatic nitrogens is 2. The van der Waals surface area contributed by atoms with Gasteiger partial charge in [-0.05, 0) is 19.1 Å². The monoisotopic (exact) mass is 248 g/mol. The van der Waals surface area contributed by atoms with E-state index in [-0.39, 0.29) is 11.6 Å². The molecule has 0 unspecified atom stereocenters. The van der Waals surface area contributed by atoms with Crippen LogP contribution in [-0.4, -0.2) is 15.9 Å². The number of nitrogen functional groups attached to an aromatic ring is 1. The van der Waals surface area contributed by atoms with Gasteiger partial charge in [0.05, 0.1) is 12.2 Å². The SMILES string of the molecule is Cc1csc(CNC(=O)c2ncccc2N)n1. The number of aryl methyl sites for hydroxylation is 1. The highest BCUT2D eigenvalue weighted by Gasteiger charge is 2.10. The lowest BCUT2D eigenvalue weighted by atomic mass is 10.3. The summed E-state index contributed by atoms with van der Waals surface area (Å²) in [7, 11) is 0. The first kappa shape index (κ1) is 11.5. The minimum atomic E-state index is -0.282. The fourth-order valence-corrected chi connectivity index (χ4v) is 2.04. The molecule has 17 heavy (non-hydrogen) atoms. The zero-order chi connectivity index (χ0) is 12.3. The maximum atomic E-state index is 11.8. The van der Waals surface area contributed by atoms with Crippen molar-refractivity contribution in [3.63, 3.8) is 0 Å². The van der Waals surface area contributed by atoms with Gasteiger partial charge in [0, 0.05) is 17.3 Å². The molecule has 6 heteroatoms. The van der Waals surface area contributed by atoms with Gasteiger partial charge >= 0.3 is 0 Å². The summed E-state index contributed by atoms with van der Waals surface area (Å²) in [6.45, 7) is 2.31. The molecule has 0 aliphatic rings. The number of anilines is 1. The molecule has 0 bridgehead atoms. The van der Waals surface area contributed by atoms with Crippen molar-refractivity contribution in [3.8, 4) is 0 Å². The van der Waals surface area contributed by atoms with Crippen LogP contribution < -0.4 is 11.1 Å². The fraction of sp³-hybridized carbons (Fsp3) is 0.182. The van der Waals surface area contributed by atoms with E-state index >= 15 is 0 Å². The molecule has 2 aromatic heterocycles. The summed E-state index contributed by atoms with van der Waals surface area (Å²) < 4.78 is 0. The van der Waals surface area contributed by atoms with E-state index in [0.29, 0.717) is 12.2 Å². The van der Waals surface area contributed by atoms with Crippen molar-refractivity contribution in [1.29, 1.82) is 0 Å². The highest BCUT2D eigenvalue weighted by atomic mass is 32.1. The summed E-state index contributed by atoms with van der Waals surface area (Å²) in [4.78, 5) is 20.0. The predicted molar refractivity (Wildman–Crippen MR) is 66.7 cm³/mol. The van der Waals surface area contributed by atoms with Crippen LogP contribution in [-0.2, 0) is 6.54 Å². The summed E-state index contributed by atoms with van der Waals surface area (Å²) >= 11 is 1.51. The van der Waals surface area contributed by atoms with E-state index in [1.54, 1.807) is 18.3 Å². The number of pyridine rings is 1. The Morgan fingerprint density at radius 3 is 3.06 bits per heavy atom. The molecule has 0 radical (unpaired) electrons. The normalized spacial score (nSPS) is 10.2. The number of rotatable bonds is 3. The zero-order valence-corrected chi connectivity index (χ0v) is 10.1. The molecule has 0 aromatic carbocycles. The summed E-state index contributed by atoms with van der Waals surface area (Å²) in [5, 5.41) is 5.54. The standard InChI is InChI=1S/C11H12N4OS/c1-7-6-17-9(15-7)5-14-11(16)10-8(12)3-2-4-13-10/h2-4,6H,5,12H2,1H3,(H,14,16). The molecule has 0 fully saturated rings.